The van der Waals surface area contributed by atoms with E-state index in [1.54, 1.807) is 24.3 Å². The zero-order valence-corrected chi connectivity index (χ0v) is 13.9. The summed E-state index contributed by atoms with van der Waals surface area (Å²) in [7, 11) is 0. The van der Waals surface area contributed by atoms with Crippen LogP contribution in [-0.2, 0) is 11.2 Å². The first-order valence-corrected chi connectivity index (χ1v) is 8.31. The maximum absolute atomic E-state index is 11.9. The van der Waals surface area contributed by atoms with Crippen LogP contribution < -0.4 is 15.5 Å². The molecule has 2 N–H and O–H groups in total. The second-order valence-electron chi connectivity index (χ2n) is 5.16. The highest BCUT2D eigenvalue weighted by atomic mass is 32.1. The number of carbonyl (C=O) groups excluding carboxylic acids is 2. The van der Waals surface area contributed by atoms with Gasteiger partial charge < -0.3 is 15.4 Å². The maximum atomic E-state index is 11.9. The number of amides is 3. The molecular weight excluding hydrogens is 330 g/mol. The van der Waals surface area contributed by atoms with Gasteiger partial charge in [0.2, 0.25) is 0 Å². The SMILES string of the molecule is Cc1nnc(CCNC(=O)Nc2cccc(N3CCOC3=O)c2)s1. The molecule has 1 aliphatic rings. The Hall–Kier alpha value is -2.68. The van der Waals surface area contributed by atoms with Gasteiger partial charge in [-0.2, -0.15) is 0 Å². The monoisotopic (exact) mass is 347 g/mol. The van der Waals surface area contributed by atoms with Crippen molar-refractivity contribution < 1.29 is 14.3 Å². The van der Waals surface area contributed by atoms with E-state index in [0.717, 1.165) is 10.0 Å². The van der Waals surface area contributed by atoms with Crippen LogP contribution >= 0.6 is 11.3 Å². The Morgan fingerprint density at radius 3 is 3.00 bits per heavy atom. The highest BCUT2D eigenvalue weighted by molar-refractivity contribution is 7.11. The summed E-state index contributed by atoms with van der Waals surface area (Å²) in [6, 6.07) is 6.77. The molecule has 9 heteroatoms. The lowest BCUT2D eigenvalue weighted by Crippen LogP contribution is -2.30. The van der Waals surface area contributed by atoms with Gasteiger partial charge in [-0.05, 0) is 25.1 Å². The highest BCUT2D eigenvalue weighted by Crippen LogP contribution is 2.22. The van der Waals surface area contributed by atoms with Crippen LogP contribution in [0.1, 0.15) is 10.0 Å². The zero-order valence-electron chi connectivity index (χ0n) is 13.1. The van der Waals surface area contributed by atoms with Crippen molar-refractivity contribution in [3.05, 3.63) is 34.3 Å². The van der Waals surface area contributed by atoms with E-state index in [9.17, 15) is 9.59 Å². The van der Waals surface area contributed by atoms with E-state index in [1.165, 1.54) is 16.2 Å². The van der Waals surface area contributed by atoms with Crippen molar-refractivity contribution >= 4 is 34.8 Å². The van der Waals surface area contributed by atoms with Crippen LogP contribution in [0.2, 0.25) is 0 Å². The number of nitrogens with one attached hydrogen (secondary N) is 2. The average Bonchev–Trinajstić information content (AvgIpc) is 3.16. The highest BCUT2D eigenvalue weighted by Gasteiger charge is 2.23. The molecule has 0 atom stereocenters. The Kier molecular flexibility index (Phi) is 4.90. The molecule has 1 saturated heterocycles. The second kappa shape index (κ2) is 7.26. The molecule has 3 rings (SSSR count). The molecule has 0 radical (unpaired) electrons. The van der Waals surface area contributed by atoms with Gasteiger partial charge >= 0.3 is 12.1 Å². The summed E-state index contributed by atoms with van der Waals surface area (Å²) >= 11 is 1.52. The molecule has 126 valence electrons. The van der Waals surface area contributed by atoms with Gasteiger partial charge in [0, 0.05) is 24.3 Å². The van der Waals surface area contributed by atoms with Gasteiger partial charge in [-0.3, -0.25) is 4.90 Å². The van der Waals surface area contributed by atoms with Crippen molar-refractivity contribution in [2.45, 2.75) is 13.3 Å². The molecule has 0 unspecified atom stereocenters. The van der Waals surface area contributed by atoms with Crippen LogP contribution in [-0.4, -0.2) is 42.0 Å². The second-order valence-corrected chi connectivity index (χ2v) is 6.43. The molecule has 0 aliphatic carbocycles. The lowest BCUT2D eigenvalue weighted by molar-refractivity contribution is 0.181. The summed E-state index contributed by atoms with van der Waals surface area (Å²) in [6.07, 6.45) is 0.266. The van der Waals surface area contributed by atoms with E-state index >= 15 is 0 Å². The summed E-state index contributed by atoms with van der Waals surface area (Å²) in [5, 5.41) is 15.3. The molecule has 1 fully saturated rings. The maximum Gasteiger partial charge on any atom is 0.414 e. The molecule has 1 aliphatic heterocycles. The number of aromatic nitrogens is 2. The Labute approximate surface area is 142 Å². The van der Waals surface area contributed by atoms with Crippen molar-refractivity contribution in [2.75, 3.05) is 29.9 Å². The summed E-state index contributed by atoms with van der Waals surface area (Å²) in [4.78, 5) is 25.1. The van der Waals surface area contributed by atoms with Gasteiger partial charge in [-0.1, -0.05) is 6.07 Å². The Morgan fingerprint density at radius 2 is 2.29 bits per heavy atom. The largest absolute Gasteiger partial charge is 0.447 e. The van der Waals surface area contributed by atoms with Gasteiger partial charge in [-0.25, -0.2) is 9.59 Å². The minimum absolute atomic E-state index is 0.308. The number of rotatable bonds is 5. The topological polar surface area (TPSA) is 96.4 Å². The van der Waals surface area contributed by atoms with Gasteiger partial charge in [0.25, 0.3) is 0 Å². The first-order valence-electron chi connectivity index (χ1n) is 7.50. The normalized spacial score (nSPS) is 13.7. The number of hydrogen-bond donors (Lipinski definition) is 2. The summed E-state index contributed by atoms with van der Waals surface area (Å²) < 4.78 is 4.91. The third-order valence-corrected chi connectivity index (χ3v) is 4.27. The number of cyclic esters (lactones) is 1. The molecule has 0 saturated carbocycles. The third kappa shape index (κ3) is 3.99. The van der Waals surface area contributed by atoms with Gasteiger partial charge in [0.05, 0.1) is 6.54 Å². The predicted molar refractivity (Wildman–Crippen MR) is 90.5 cm³/mol. The van der Waals surface area contributed by atoms with Gasteiger partial charge in [0.15, 0.2) is 0 Å². The van der Waals surface area contributed by atoms with Crippen LogP contribution in [0.3, 0.4) is 0 Å². The van der Waals surface area contributed by atoms with E-state index in [0.29, 0.717) is 37.5 Å². The Morgan fingerprint density at radius 1 is 1.42 bits per heavy atom. The van der Waals surface area contributed by atoms with Crippen LogP contribution in [0.15, 0.2) is 24.3 Å². The summed E-state index contributed by atoms with van der Waals surface area (Å²) in [6.45, 7) is 3.25. The quantitative estimate of drug-likeness (QED) is 0.864. The molecule has 24 heavy (non-hydrogen) atoms. The van der Waals surface area contributed by atoms with E-state index in [1.807, 2.05) is 6.92 Å². The van der Waals surface area contributed by atoms with Crippen molar-refractivity contribution in [1.82, 2.24) is 15.5 Å². The minimum Gasteiger partial charge on any atom is -0.447 e. The molecule has 1 aromatic carbocycles. The predicted octanol–water partition coefficient (Wildman–Crippen LogP) is 2.17. The standard InChI is InChI=1S/C15H17N5O3S/c1-10-18-19-13(24-10)5-6-16-14(21)17-11-3-2-4-12(9-11)20-7-8-23-15(20)22/h2-4,9H,5-8H2,1H3,(H2,16,17,21). The summed E-state index contributed by atoms with van der Waals surface area (Å²) in [5.41, 5.74) is 1.30. The molecular formula is C15H17N5O3S. The number of hydrogen-bond acceptors (Lipinski definition) is 6. The van der Waals surface area contributed by atoms with E-state index in [2.05, 4.69) is 20.8 Å². The Bertz CT molecular complexity index is 748. The number of anilines is 2. The van der Waals surface area contributed by atoms with Gasteiger partial charge in [0.1, 0.15) is 16.6 Å². The molecule has 2 aromatic rings. The minimum atomic E-state index is -0.371. The number of carbonyl (C=O) groups is 2. The van der Waals surface area contributed by atoms with Gasteiger partial charge in [-0.15, -0.1) is 21.5 Å². The average molecular weight is 347 g/mol. The van der Waals surface area contributed by atoms with E-state index in [4.69, 9.17) is 4.74 Å². The third-order valence-electron chi connectivity index (χ3n) is 3.37. The van der Waals surface area contributed by atoms with Crippen molar-refractivity contribution in [3.63, 3.8) is 0 Å². The summed E-state index contributed by atoms with van der Waals surface area (Å²) in [5.74, 6) is 0. The lowest BCUT2D eigenvalue weighted by atomic mass is 10.2. The number of benzene rings is 1. The molecule has 8 nitrogen and oxygen atoms in total. The molecule has 2 heterocycles. The number of ether oxygens (including phenoxy) is 1. The number of nitrogens with zero attached hydrogens (tertiary/aromatic N) is 3. The Balaban J connectivity index is 1.51. The lowest BCUT2D eigenvalue weighted by Gasteiger charge is -2.14. The van der Waals surface area contributed by atoms with Crippen molar-refractivity contribution in [2.24, 2.45) is 0 Å². The number of urea groups is 1. The fourth-order valence-corrected chi connectivity index (χ4v) is 2.98. The molecule has 0 spiro atoms. The number of aryl methyl sites for hydroxylation is 1. The van der Waals surface area contributed by atoms with E-state index < -0.39 is 0 Å². The van der Waals surface area contributed by atoms with Crippen LogP contribution in [0.25, 0.3) is 0 Å². The first-order chi connectivity index (χ1) is 11.6. The van der Waals surface area contributed by atoms with Crippen molar-refractivity contribution in [3.8, 4) is 0 Å². The fourth-order valence-electron chi connectivity index (χ4n) is 2.28. The molecule has 1 aromatic heterocycles. The van der Waals surface area contributed by atoms with E-state index in [-0.39, 0.29) is 12.1 Å². The zero-order chi connectivity index (χ0) is 16.9. The molecule has 3 amide bonds. The van der Waals surface area contributed by atoms with Crippen molar-refractivity contribution in [1.29, 1.82) is 0 Å². The van der Waals surface area contributed by atoms with Crippen LogP contribution in [0.5, 0.6) is 0 Å². The van der Waals surface area contributed by atoms with Crippen LogP contribution in [0, 0.1) is 6.92 Å². The molecule has 0 bridgehead atoms. The smallest absolute Gasteiger partial charge is 0.414 e. The van der Waals surface area contributed by atoms with Crippen LogP contribution in [0.4, 0.5) is 21.0 Å². The first kappa shape index (κ1) is 16.2. The fraction of sp³-hybridized carbons (Fsp3) is 0.333.